The predicted octanol–water partition coefficient (Wildman–Crippen LogP) is 2.05. The molecule has 0 spiro atoms. The summed E-state index contributed by atoms with van der Waals surface area (Å²) >= 11 is 0. The van der Waals surface area contributed by atoms with Gasteiger partial charge in [0.15, 0.2) is 0 Å². The molecule has 0 amide bonds. The molecule has 4 heteroatoms. The number of hydrogen-bond acceptors (Lipinski definition) is 3. The second kappa shape index (κ2) is 3.89. The first-order chi connectivity index (χ1) is 8.25. The minimum atomic E-state index is -0.00130. The van der Waals surface area contributed by atoms with E-state index in [-0.39, 0.29) is 11.9 Å². The van der Waals surface area contributed by atoms with E-state index in [1.807, 2.05) is 18.3 Å². The summed E-state index contributed by atoms with van der Waals surface area (Å²) in [5.74, 6) is 1.10. The standard InChI is InChI=1S/C13H15N3O/c14-12-6-2-4-10-8-15-13(16(10)12)9-3-1-5-11(17)7-9/h1,3,5,7-8,12,17H,2,4,6,14H2. The number of hydrogen-bond donors (Lipinski definition) is 2. The highest BCUT2D eigenvalue weighted by molar-refractivity contribution is 5.58. The Morgan fingerprint density at radius 1 is 1.41 bits per heavy atom. The molecular weight excluding hydrogens is 214 g/mol. The summed E-state index contributed by atoms with van der Waals surface area (Å²) < 4.78 is 2.08. The van der Waals surface area contributed by atoms with Gasteiger partial charge < -0.3 is 15.4 Å². The number of nitrogens with two attached hydrogens (primary N) is 1. The molecule has 1 aromatic carbocycles. The average molecular weight is 229 g/mol. The molecule has 4 nitrogen and oxygen atoms in total. The molecule has 88 valence electrons. The highest BCUT2D eigenvalue weighted by Gasteiger charge is 2.20. The third kappa shape index (κ3) is 1.70. The van der Waals surface area contributed by atoms with Crippen molar-refractivity contribution in [2.45, 2.75) is 25.4 Å². The quantitative estimate of drug-likeness (QED) is 0.786. The number of aromatic hydroxyl groups is 1. The number of fused-ring (bicyclic) bond motifs is 1. The first-order valence-electron chi connectivity index (χ1n) is 5.87. The van der Waals surface area contributed by atoms with Crippen molar-refractivity contribution in [2.24, 2.45) is 5.73 Å². The molecule has 0 aliphatic carbocycles. The monoisotopic (exact) mass is 229 g/mol. The number of phenolic OH excluding ortho intramolecular Hbond substituents is 1. The lowest BCUT2D eigenvalue weighted by molar-refractivity contribution is 0.417. The van der Waals surface area contributed by atoms with Crippen LogP contribution < -0.4 is 5.73 Å². The number of aromatic nitrogens is 2. The first kappa shape index (κ1) is 10.4. The largest absolute Gasteiger partial charge is 0.508 e. The Bertz CT molecular complexity index is 547. The molecular formula is C13H15N3O. The van der Waals surface area contributed by atoms with Crippen molar-refractivity contribution < 1.29 is 5.11 Å². The predicted molar refractivity (Wildman–Crippen MR) is 65.5 cm³/mol. The van der Waals surface area contributed by atoms with Gasteiger partial charge in [-0.25, -0.2) is 4.98 Å². The van der Waals surface area contributed by atoms with E-state index in [1.165, 1.54) is 5.69 Å². The molecule has 1 unspecified atom stereocenters. The maximum absolute atomic E-state index is 9.51. The fourth-order valence-electron chi connectivity index (χ4n) is 2.43. The van der Waals surface area contributed by atoms with Gasteiger partial charge in [-0.05, 0) is 31.4 Å². The molecule has 1 aliphatic heterocycles. The summed E-state index contributed by atoms with van der Waals surface area (Å²) in [7, 11) is 0. The van der Waals surface area contributed by atoms with Crippen molar-refractivity contribution in [1.29, 1.82) is 0 Å². The summed E-state index contributed by atoms with van der Waals surface area (Å²) in [5.41, 5.74) is 8.22. The van der Waals surface area contributed by atoms with Gasteiger partial charge in [-0.15, -0.1) is 0 Å². The molecule has 0 fully saturated rings. The van der Waals surface area contributed by atoms with Crippen LogP contribution in [0.25, 0.3) is 11.4 Å². The fraction of sp³-hybridized carbons (Fsp3) is 0.308. The molecule has 0 bridgehead atoms. The number of rotatable bonds is 1. The summed E-state index contributed by atoms with van der Waals surface area (Å²) in [4.78, 5) is 4.43. The number of imidazole rings is 1. The zero-order valence-electron chi connectivity index (χ0n) is 9.50. The lowest BCUT2D eigenvalue weighted by Gasteiger charge is -2.23. The molecule has 17 heavy (non-hydrogen) atoms. The molecule has 1 atom stereocenters. The SMILES string of the molecule is NC1CCCc2cnc(-c3cccc(O)c3)n21. The second-order valence-corrected chi connectivity index (χ2v) is 4.45. The highest BCUT2D eigenvalue weighted by atomic mass is 16.3. The number of benzene rings is 1. The van der Waals surface area contributed by atoms with Gasteiger partial charge in [-0.2, -0.15) is 0 Å². The van der Waals surface area contributed by atoms with Crippen LogP contribution in [0.4, 0.5) is 0 Å². The number of nitrogens with zero attached hydrogens (tertiary/aromatic N) is 2. The second-order valence-electron chi connectivity index (χ2n) is 4.45. The zero-order valence-corrected chi connectivity index (χ0v) is 9.50. The average Bonchev–Trinajstić information content (AvgIpc) is 2.74. The zero-order chi connectivity index (χ0) is 11.8. The van der Waals surface area contributed by atoms with Gasteiger partial charge in [0.1, 0.15) is 11.6 Å². The Labute approximate surface area is 99.7 Å². The number of phenols is 1. The van der Waals surface area contributed by atoms with Crippen LogP contribution in [0.15, 0.2) is 30.5 Å². The normalized spacial score (nSPS) is 19.0. The number of aryl methyl sites for hydroxylation is 1. The molecule has 1 aromatic heterocycles. The molecule has 2 aromatic rings. The van der Waals surface area contributed by atoms with Crippen LogP contribution in [0.5, 0.6) is 5.75 Å². The van der Waals surface area contributed by atoms with Crippen molar-refractivity contribution in [1.82, 2.24) is 9.55 Å². The Balaban J connectivity index is 2.13. The Hall–Kier alpha value is -1.81. The van der Waals surface area contributed by atoms with E-state index in [4.69, 9.17) is 5.73 Å². The van der Waals surface area contributed by atoms with Crippen LogP contribution in [0.3, 0.4) is 0 Å². The maximum atomic E-state index is 9.51. The Morgan fingerprint density at radius 3 is 3.12 bits per heavy atom. The van der Waals surface area contributed by atoms with Crippen LogP contribution in [0.1, 0.15) is 24.7 Å². The van der Waals surface area contributed by atoms with Gasteiger partial charge in [-0.3, -0.25) is 0 Å². The fourth-order valence-corrected chi connectivity index (χ4v) is 2.43. The summed E-state index contributed by atoms with van der Waals surface area (Å²) in [6.07, 6.45) is 5.01. The minimum Gasteiger partial charge on any atom is -0.508 e. The van der Waals surface area contributed by atoms with E-state index in [0.717, 1.165) is 30.7 Å². The molecule has 0 saturated heterocycles. The van der Waals surface area contributed by atoms with E-state index in [2.05, 4.69) is 9.55 Å². The Kier molecular flexibility index (Phi) is 2.37. The van der Waals surface area contributed by atoms with Crippen LogP contribution in [-0.4, -0.2) is 14.7 Å². The van der Waals surface area contributed by atoms with E-state index >= 15 is 0 Å². The van der Waals surface area contributed by atoms with E-state index in [0.29, 0.717) is 0 Å². The minimum absolute atomic E-state index is 0.00130. The van der Waals surface area contributed by atoms with E-state index in [1.54, 1.807) is 12.1 Å². The third-order valence-electron chi connectivity index (χ3n) is 3.24. The maximum Gasteiger partial charge on any atom is 0.141 e. The molecule has 2 heterocycles. The van der Waals surface area contributed by atoms with Gasteiger partial charge >= 0.3 is 0 Å². The molecule has 1 aliphatic rings. The van der Waals surface area contributed by atoms with Crippen molar-refractivity contribution in [3.05, 3.63) is 36.2 Å². The third-order valence-corrected chi connectivity index (χ3v) is 3.24. The van der Waals surface area contributed by atoms with Crippen molar-refractivity contribution >= 4 is 0 Å². The highest BCUT2D eigenvalue weighted by Crippen LogP contribution is 2.29. The summed E-state index contributed by atoms with van der Waals surface area (Å²) in [6.45, 7) is 0. The van der Waals surface area contributed by atoms with Gasteiger partial charge in [0, 0.05) is 17.5 Å². The summed E-state index contributed by atoms with van der Waals surface area (Å²) in [5, 5.41) is 9.51. The Morgan fingerprint density at radius 2 is 2.29 bits per heavy atom. The van der Waals surface area contributed by atoms with E-state index in [9.17, 15) is 5.11 Å². The van der Waals surface area contributed by atoms with Gasteiger partial charge in [0.25, 0.3) is 0 Å². The van der Waals surface area contributed by atoms with Crippen LogP contribution in [0.2, 0.25) is 0 Å². The lowest BCUT2D eigenvalue weighted by atomic mass is 10.1. The van der Waals surface area contributed by atoms with Crippen LogP contribution in [0, 0.1) is 0 Å². The smallest absolute Gasteiger partial charge is 0.141 e. The van der Waals surface area contributed by atoms with Gasteiger partial charge in [-0.1, -0.05) is 12.1 Å². The van der Waals surface area contributed by atoms with Gasteiger partial charge in [0.05, 0.1) is 6.17 Å². The van der Waals surface area contributed by atoms with Gasteiger partial charge in [0.2, 0.25) is 0 Å². The van der Waals surface area contributed by atoms with Crippen molar-refractivity contribution in [2.75, 3.05) is 0 Å². The summed E-state index contributed by atoms with van der Waals surface area (Å²) in [6, 6.07) is 7.14. The molecule has 0 radical (unpaired) electrons. The first-order valence-corrected chi connectivity index (χ1v) is 5.87. The van der Waals surface area contributed by atoms with E-state index < -0.39 is 0 Å². The van der Waals surface area contributed by atoms with Crippen LogP contribution in [-0.2, 0) is 6.42 Å². The van der Waals surface area contributed by atoms with Crippen molar-refractivity contribution in [3.63, 3.8) is 0 Å². The molecule has 0 saturated carbocycles. The molecule has 3 rings (SSSR count). The lowest BCUT2D eigenvalue weighted by Crippen LogP contribution is -2.25. The van der Waals surface area contributed by atoms with Crippen molar-refractivity contribution in [3.8, 4) is 17.1 Å². The topological polar surface area (TPSA) is 64.1 Å². The molecule has 3 N–H and O–H groups in total. The van der Waals surface area contributed by atoms with Crippen LogP contribution >= 0.6 is 0 Å².